The number of aromatic nitrogens is 2. The average molecular weight is 247 g/mol. The van der Waals surface area contributed by atoms with Gasteiger partial charge in [-0.1, -0.05) is 0 Å². The van der Waals surface area contributed by atoms with Crippen molar-refractivity contribution >= 4 is 5.69 Å². The second-order valence-electron chi connectivity index (χ2n) is 3.92. The minimum atomic E-state index is 0.694. The molecule has 0 saturated heterocycles. The molecule has 0 fully saturated rings. The van der Waals surface area contributed by atoms with Crippen LogP contribution in [0, 0.1) is 0 Å². The van der Waals surface area contributed by atoms with Crippen LogP contribution in [0.2, 0.25) is 0 Å². The maximum Gasteiger partial charge on any atom is 0.145 e. The topological polar surface area (TPSA) is 48.3 Å². The molecule has 2 aromatic rings. The lowest BCUT2D eigenvalue weighted by molar-refractivity contribution is 0.395. The van der Waals surface area contributed by atoms with Crippen molar-refractivity contribution in [3.05, 3.63) is 36.4 Å². The molecule has 96 valence electrons. The zero-order chi connectivity index (χ0) is 13.0. The smallest absolute Gasteiger partial charge is 0.145 e. The van der Waals surface area contributed by atoms with Gasteiger partial charge in [0.1, 0.15) is 11.5 Å². The second kappa shape index (κ2) is 5.44. The van der Waals surface area contributed by atoms with Gasteiger partial charge in [-0.15, -0.1) is 0 Å². The zero-order valence-corrected chi connectivity index (χ0v) is 10.8. The summed E-state index contributed by atoms with van der Waals surface area (Å²) >= 11 is 0. The van der Waals surface area contributed by atoms with Gasteiger partial charge in [-0.05, 0) is 12.1 Å². The number of nitrogens with zero attached hydrogens (tertiary/aromatic N) is 2. The Morgan fingerprint density at radius 1 is 1.28 bits per heavy atom. The minimum absolute atomic E-state index is 0.694. The Kier molecular flexibility index (Phi) is 3.72. The van der Waals surface area contributed by atoms with E-state index in [0.717, 1.165) is 22.9 Å². The van der Waals surface area contributed by atoms with E-state index in [2.05, 4.69) is 10.3 Å². The van der Waals surface area contributed by atoms with Crippen LogP contribution in [0.25, 0.3) is 0 Å². The Morgan fingerprint density at radius 2 is 2.11 bits per heavy atom. The van der Waals surface area contributed by atoms with E-state index >= 15 is 0 Å². The van der Waals surface area contributed by atoms with Crippen molar-refractivity contribution in [2.75, 3.05) is 19.5 Å². The second-order valence-corrected chi connectivity index (χ2v) is 3.92. The maximum atomic E-state index is 5.32. The number of nitrogens with one attached hydrogen (secondary N) is 1. The van der Waals surface area contributed by atoms with Crippen molar-refractivity contribution in [1.82, 2.24) is 9.55 Å². The first-order valence-corrected chi connectivity index (χ1v) is 5.65. The predicted octanol–water partition coefficient (Wildman–Crippen LogP) is 2.05. The molecule has 1 aromatic heterocycles. The Bertz CT molecular complexity index is 523. The number of ether oxygens (including phenoxy) is 2. The Hall–Kier alpha value is -2.17. The summed E-state index contributed by atoms with van der Waals surface area (Å²) in [4.78, 5) is 4.08. The van der Waals surface area contributed by atoms with Crippen molar-refractivity contribution in [3.63, 3.8) is 0 Å². The molecule has 0 atom stereocenters. The highest BCUT2D eigenvalue weighted by atomic mass is 16.5. The van der Waals surface area contributed by atoms with Gasteiger partial charge < -0.3 is 19.4 Å². The van der Waals surface area contributed by atoms with Crippen LogP contribution in [-0.2, 0) is 13.6 Å². The molecular weight excluding hydrogens is 230 g/mol. The number of benzene rings is 1. The first-order chi connectivity index (χ1) is 8.74. The van der Waals surface area contributed by atoms with Gasteiger partial charge in [0, 0.05) is 19.3 Å². The molecule has 0 radical (unpaired) electrons. The molecule has 1 heterocycles. The van der Waals surface area contributed by atoms with Crippen LogP contribution >= 0.6 is 0 Å². The predicted molar refractivity (Wildman–Crippen MR) is 70.1 cm³/mol. The van der Waals surface area contributed by atoms with Gasteiger partial charge in [0.15, 0.2) is 0 Å². The number of methoxy groups -OCH3 is 2. The van der Waals surface area contributed by atoms with Crippen LogP contribution in [-0.4, -0.2) is 23.8 Å². The van der Waals surface area contributed by atoms with Gasteiger partial charge in [0.05, 0.1) is 38.5 Å². The average Bonchev–Trinajstić information content (AvgIpc) is 2.81. The van der Waals surface area contributed by atoms with Crippen molar-refractivity contribution in [2.24, 2.45) is 7.05 Å². The van der Waals surface area contributed by atoms with E-state index in [-0.39, 0.29) is 0 Å². The summed E-state index contributed by atoms with van der Waals surface area (Å²) < 4.78 is 12.5. The normalized spacial score (nSPS) is 10.2. The van der Waals surface area contributed by atoms with E-state index in [0.29, 0.717) is 6.54 Å². The fourth-order valence-corrected chi connectivity index (χ4v) is 1.69. The highest BCUT2D eigenvalue weighted by Gasteiger charge is 2.05. The largest absolute Gasteiger partial charge is 0.497 e. The molecule has 2 rings (SSSR count). The third-order valence-corrected chi connectivity index (χ3v) is 2.79. The maximum absolute atomic E-state index is 5.32. The van der Waals surface area contributed by atoms with Gasteiger partial charge in [-0.25, -0.2) is 4.98 Å². The van der Waals surface area contributed by atoms with E-state index < -0.39 is 0 Å². The summed E-state index contributed by atoms with van der Waals surface area (Å²) in [5, 5.41) is 3.32. The SMILES string of the molecule is COc1ccc(NCc2cncn2C)c(OC)c1. The van der Waals surface area contributed by atoms with E-state index in [9.17, 15) is 0 Å². The fraction of sp³-hybridized carbons (Fsp3) is 0.308. The standard InChI is InChI=1S/C13H17N3O2/c1-16-9-14-7-10(16)8-15-12-5-4-11(17-2)6-13(12)18-3/h4-7,9,15H,8H2,1-3H3. The number of hydrogen-bond acceptors (Lipinski definition) is 4. The van der Waals surface area contributed by atoms with Crippen molar-refractivity contribution < 1.29 is 9.47 Å². The third-order valence-electron chi connectivity index (χ3n) is 2.79. The number of anilines is 1. The van der Waals surface area contributed by atoms with E-state index in [1.165, 1.54) is 0 Å². The minimum Gasteiger partial charge on any atom is -0.497 e. The van der Waals surface area contributed by atoms with Crippen LogP contribution in [0.1, 0.15) is 5.69 Å². The lowest BCUT2D eigenvalue weighted by Gasteiger charge is -2.12. The fourth-order valence-electron chi connectivity index (χ4n) is 1.69. The molecule has 0 spiro atoms. The number of hydrogen-bond donors (Lipinski definition) is 1. The van der Waals surface area contributed by atoms with Gasteiger partial charge in [0.25, 0.3) is 0 Å². The Morgan fingerprint density at radius 3 is 2.72 bits per heavy atom. The van der Waals surface area contributed by atoms with Crippen molar-refractivity contribution in [3.8, 4) is 11.5 Å². The molecule has 5 nitrogen and oxygen atoms in total. The van der Waals surface area contributed by atoms with Crippen LogP contribution in [0.4, 0.5) is 5.69 Å². The molecule has 0 amide bonds. The highest BCUT2D eigenvalue weighted by Crippen LogP contribution is 2.29. The molecule has 5 heteroatoms. The third kappa shape index (κ3) is 2.56. The molecule has 0 saturated carbocycles. The van der Waals surface area contributed by atoms with Crippen LogP contribution < -0.4 is 14.8 Å². The molecule has 0 aliphatic rings. The van der Waals surface area contributed by atoms with Crippen molar-refractivity contribution in [2.45, 2.75) is 6.54 Å². The van der Waals surface area contributed by atoms with Crippen LogP contribution in [0.3, 0.4) is 0 Å². The van der Waals surface area contributed by atoms with Crippen molar-refractivity contribution in [1.29, 1.82) is 0 Å². The summed E-state index contributed by atoms with van der Waals surface area (Å²) in [7, 11) is 5.25. The first-order valence-electron chi connectivity index (χ1n) is 5.65. The van der Waals surface area contributed by atoms with Gasteiger partial charge in [-0.2, -0.15) is 0 Å². The molecular formula is C13H17N3O2. The zero-order valence-electron chi connectivity index (χ0n) is 10.8. The van der Waals surface area contributed by atoms with Gasteiger partial charge >= 0.3 is 0 Å². The number of aryl methyl sites for hydroxylation is 1. The van der Waals surface area contributed by atoms with Crippen LogP contribution in [0.15, 0.2) is 30.7 Å². The Balaban J connectivity index is 2.11. The van der Waals surface area contributed by atoms with Gasteiger partial charge in [-0.3, -0.25) is 0 Å². The molecule has 0 aliphatic carbocycles. The van der Waals surface area contributed by atoms with Gasteiger partial charge in [0.2, 0.25) is 0 Å². The molecule has 0 unspecified atom stereocenters. The monoisotopic (exact) mass is 247 g/mol. The number of rotatable bonds is 5. The lowest BCUT2D eigenvalue weighted by atomic mass is 10.2. The molecule has 0 bridgehead atoms. The molecule has 18 heavy (non-hydrogen) atoms. The number of imidazole rings is 1. The summed E-state index contributed by atoms with van der Waals surface area (Å²) in [6.45, 7) is 0.694. The summed E-state index contributed by atoms with van der Waals surface area (Å²) in [5.41, 5.74) is 2.03. The highest BCUT2D eigenvalue weighted by molar-refractivity contribution is 5.59. The molecule has 1 aromatic carbocycles. The first kappa shape index (κ1) is 12.3. The summed E-state index contributed by atoms with van der Waals surface area (Å²) in [6, 6.07) is 5.69. The molecule has 0 aliphatic heterocycles. The molecule has 1 N–H and O–H groups in total. The van der Waals surface area contributed by atoms with E-state index in [1.807, 2.05) is 36.0 Å². The van der Waals surface area contributed by atoms with E-state index in [4.69, 9.17) is 9.47 Å². The summed E-state index contributed by atoms with van der Waals surface area (Å²) in [5.74, 6) is 1.54. The van der Waals surface area contributed by atoms with Crippen LogP contribution in [0.5, 0.6) is 11.5 Å². The Labute approximate surface area is 106 Å². The quantitative estimate of drug-likeness (QED) is 0.878. The summed E-state index contributed by atoms with van der Waals surface area (Å²) in [6.07, 6.45) is 3.62. The lowest BCUT2D eigenvalue weighted by Crippen LogP contribution is -2.05. The van der Waals surface area contributed by atoms with E-state index in [1.54, 1.807) is 20.5 Å².